The third-order valence-electron chi connectivity index (χ3n) is 6.60. The summed E-state index contributed by atoms with van der Waals surface area (Å²) >= 11 is 12.9. The van der Waals surface area contributed by atoms with Gasteiger partial charge in [-0.3, -0.25) is 13.9 Å². The van der Waals surface area contributed by atoms with E-state index < -0.39 is 28.5 Å². The number of carbonyl (C=O) groups excluding carboxylic acids is 2. The molecule has 0 heterocycles. The van der Waals surface area contributed by atoms with Crippen LogP contribution in [0.25, 0.3) is 0 Å². The Hall–Kier alpha value is -3.27. The van der Waals surface area contributed by atoms with Gasteiger partial charge in [-0.2, -0.15) is 0 Å². The summed E-state index contributed by atoms with van der Waals surface area (Å²) in [6.45, 7) is 6.73. The number of nitrogens with one attached hydrogen (secondary N) is 1. The molecule has 1 N–H and O–H groups in total. The minimum Gasteiger partial charge on any atom is -0.492 e. The second kappa shape index (κ2) is 14.6. The summed E-state index contributed by atoms with van der Waals surface area (Å²) in [5.41, 5.74) is 0.638. The van der Waals surface area contributed by atoms with Crippen molar-refractivity contribution in [1.29, 1.82) is 0 Å². The number of ether oxygens (including phenoxy) is 1. The Morgan fingerprint density at radius 3 is 2.12 bits per heavy atom. The first-order chi connectivity index (χ1) is 19.5. The van der Waals surface area contributed by atoms with E-state index in [-0.39, 0.29) is 35.7 Å². The summed E-state index contributed by atoms with van der Waals surface area (Å²) in [7, 11) is -4.23. The zero-order valence-corrected chi connectivity index (χ0v) is 25.8. The Bertz CT molecular complexity index is 1430. The average molecular weight is 621 g/mol. The van der Waals surface area contributed by atoms with Gasteiger partial charge in [0.15, 0.2) is 0 Å². The molecule has 0 aromatic heterocycles. The maximum Gasteiger partial charge on any atom is 0.264 e. The first kappa shape index (κ1) is 32.2. The van der Waals surface area contributed by atoms with Gasteiger partial charge < -0.3 is 15.0 Å². The molecule has 3 rings (SSSR count). The molecule has 0 radical (unpaired) electrons. The Kier molecular flexibility index (Phi) is 11.5. The minimum atomic E-state index is -4.23. The molecular weight excluding hydrogens is 585 g/mol. The zero-order valence-electron chi connectivity index (χ0n) is 23.5. The topological polar surface area (TPSA) is 96.0 Å². The molecule has 0 bridgehead atoms. The van der Waals surface area contributed by atoms with Crippen molar-refractivity contribution in [2.24, 2.45) is 0 Å². The van der Waals surface area contributed by atoms with Crippen LogP contribution in [0.3, 0.4) is 0 Å². The highest BCUT2D eigenvalue weighted by atomic mass is 35.5. The molecular formula is C30H35Cl2N3O5S. The molecule has 0 fully saturated rings. The highest BCUT2D eigenvalue weighted by Gasteiger charge is 2.34. The summed E-state index contributed by atoms with van der Waals surface area (Å²) in [4.78, 5) is 28.6. The predicted molar refractivity (Wildman–Crippen MR) is 163 cm³/mol. The van der Waals surface area contributed by atoms with Gasteiger partial charge in [0.2, 0.25) is 11.8 Å². The fourth-order valence-corrected chi connectivity index (χ4v) is 6.04. The van der Waals surface area contributed by atoms with Gasteiger partial charge in [-0.05, 0) is 63.6 Å². The minimum absolute atomic E-state index is 0.00219. The highest BCUT2D eigenvalue weighted by Crippen LogP contribution is 2.33. The Labute approximate surface area is 252 Å². The summed E-state index contributed by atoms with van der Waals surface area (Å²) in [6, 6.07) is 18.3. The van der Waals surface area contributed by atoms with Crippen molar-refractivity contribution in [3.63, 3.8) is 0 Å². The summed E-state index contributed by atoms with van der Waals surface area (Å²) in [5, 5.41) is 3.54. The zero-order chi connectivity index (χ0) is 30.2. The molecule has 220 valence electrons. The molecule has 0 aliphatic carbocycles. The smallest absolute Gasteiger partial charge is 0.264 e. The largest absolute Gasteiger partial charge is 0.492 e. The third-order valence-corrected chi connectivity index (χ3v) is 9.08. The number of amides is 2. The van der Waals surface area contributed by atoms with Crippen LogP contribution >= 0.6 is 23.2 Å². The van der Waals surface area contributed by atoms with E-state index in [0.29, 0.717) is 27.8 Å². The molecule has 0 unspecified atom stereocenters. The lowest BCUT2D eigenvalue weighted by Crippen LogP contribution is -2.52. The maximum absolute atomic E-state index is 14.1. The first-order valence-electron chi connectivity index (χ1n) is 13.3. The average Bonchev–Trinajstić information content (AvgIpc) is 2.96. The molecule has 0 saturated heterocycles. The van der Waals surface area contributed by atoms with Crippen LogP contribution in [0, 0.1) is 0 Å². The van der Waals surface area contributed by atoms with E-state index in [0.717, 1.165) is 4.31 Å². The van der Waals surface area contributed by atoms with Crippen LogP contribution in [0.5, 0.6) is 5.75 Å². The van der Waals surface area contributed by atoms with Gasteiger partial charge in [0.05, 0.1) is 17.2 Å². The number of nitrogens with zero attached hydrogens (tertiary/aromatic N) is 2. The van der Waals surface area contributed by atoms with Gasteiger partial charge in [-0.15, -0.1) is 0 Å². The standard InChI is InChI=1S/C30H35Cl2N3O5S/c1-5-21(3)33-30(37)22(4)34(19-24-25(31)15-12-16-26(24)32)29(36)20-35(27-17-10-11-18-28(27)40-6-2)41(38,39)23-13-8-7-9-14-23/h7-18,21-22H,5-6,19-20H2,1-4H3,(H,33,37)/t21-,22-/m1/s1. The van der Waals surface area contributed by atoms with Crippen molar-refractivity contribution in [3.05, 3.63) is 88.4 Å². The number of halogens is 2. The molecule has 41 heavy (non-hydrogen) atoms. The second-order valence-electron chi connectivity index (χ2n) is 9.44. The molecule has 0 aliphatic rings. The van der Waals surface area contributed by atoms with Crippen LogP contribution in [0.4, 0.5) is 5.69 Å². The lowest BCUT2D eigenvalue weighted by atomic mass is 10.1. The van der Waals surface area contributed by atoms with E-state index in [2.05, 4.69) is 5.32 Å². The first-order valence-corrected chi connectivity index (χ1v) is 15.5. The summed E-state index contributed by atoms with van der Waals surface area (Å²) < 4.78 is 34.7. The third kappa shape index (κ3) is 7.93. The SMILES string of the molecule is CCOc1ccccc1N(CC(=O)N(Cc1c(Cl)cccc1Cl)[C@H](C)C(=O)N[C@H](C)CC)S(=O)(=O)c1ccccc1. The number of carbonyl (C=O) groups is 2. The van der Waals surface area contributed by atoms with Gasteiger partial charge >= 0.3 is 0 Å². The van der Waals surface area contributed by atoms with Crippen molar-refractivity contribution in [2.75, 3.05) is 17.5 Å². The number of rotatable bonds is 13. The van der Waals surface area contributed by atoms with Gasteiger partial charge in [-0.1, -0.05) is 66.5 Å². The van der Waals surface area contributed by atoms with E-state index >= 15 is 0 Å². The molecule has 3 aromatic carbocycles. The Morgan fingerprint density at radius 1 is 0.902 bits per heavy atom. The predicted octanol–water partition coefficient (Wildman–Crippen LogP) is 5.92. The Balaban J connectivity index is 2.10. The van der Waals surface area contributed by atoms with Crippen LogP contribution in [0.15, 0.2) is 77.7 Å². The van der Waals surface area contributed by atoms with Crippen molar-refractivity contribution < 1.29 is 22.7 Å². The number of hydrogen-bond acceptors (Lipinski definition) is 5. The molecule has 2 atom stereocenters. The van der Waals surface area contributed by atoms with Crippen LogP contribution in [-0.2, 0) is 26.2 Å². The van der Waals surface area contributed by atoms with Gasteiger partial charge in [0.25, 0.3) is 10.0 Å². The molecule has 0 aliphatic heterocycles. The van der Waals surface area contributed by atoms with Gasteiger partial charge in [-0.25, -0.2) is 8.42 Å². The Morgan fingerprint density at radius 2 is 1.51 bits per heavy atom. The fourth-order valence-electron chi connectivity index (χ4n) is 4.08. The summed E-state index contributed by atoms with van der Waals surface area (Å²) in [5.74, 6) is -0.716. The fraction of sp³-hybridized carbons (Fsp3) is 0.333. The monoisotopic (exact) mass is 619 g/mol. The van der Waals surface area contributed by atoms with Crippen molar-refractivity contribution >= 4 is 50.7 Å². The maximum atomic E-state index is 14.1. The molecule has 0 saturated carbocycles. The van der Waals surface area contributed by atoms with Crippen molar-refractivity contribution in [2.45, 2.75) is 57.6 Å². The van der Waals surface area contributed by atoms with Gasteiger partial charge in [0.1, 0.15) is 18.3 Å². The van der Waals surface area contributed by atoms with Crippen LogP contribution in [0.2, 0.25) is 10.0 Å². The molecule has 8 nitrogen and oxygen atoms in total. The highest BCUT2D eigenvalue weighted by molar-refractivity contribution is 7.92. The normalized spacial score (nSPS) is 12.7. The van der Waals surface area contributed by atoms with Crippen LogP contribution < -0.4 is 14.4 Å². The number of anilines is 1. The molecule has 11 heteroatoms. The number of para-hydroxylation sites is 2. The lowest BCUT2D eigenvalue weighted by Gasteiger charge is -2.33. The van der Waals surface area contributed by atoms with E-state index in [9.17, 15) is 18.0 Å². The number of hydrogen-bond donors (Lipinski definition) is 1. The van der Waals surface area contributed by atoms with E-state index in [1.54, 1.807) is 74.5 Å². The summed E-state index contributed by atoms with van der Waals surface area (Å²) in [6.07, 6.45) is 0.695. The van der Waals surface area contributed by atoms with Gasteiger partial charge in [0, 0.05) is 28.2 Å². The molecule has 0 spiro atoms. The van der Waals surface area contributed by atoms with E-state index in [4.69, 9.17) is 27.9 Å². The van der Waals surface area contributed by atoms with E-state index in [1.807, 2.05) is 13.8 Å². The number of sulfonamides is 1. The van der Waals surface area contributed by atoms with E-state index in [1.165, 1.54) is 17.0 Å². The molecule has 2 amide bonds. The number of benzene rings is 3. The van der Waals surface area contributed by atoms with Crippen LogP contribution in [-0.4, -0.2) is 50.4 Å². The van der Waals surface area contributed by atoms with Crippen molar-refractivity contribution in [1.82, 2.24) is 10.2 Å². The quantitative estimate of drug-likeness (QED) is 0.256. The van der Waals surface area contributed by atoms with Crippen LogP contribution in [0.1, 0.15) is 39.7 Å². The second-order valence-corrected chi connectivity index (χ2v) is 12.1. The lowest BCUT2D eigenvalue weighted by molar-refractivity contribution is -0.139. The van der Waals surface area contributed by atoms with Crippen molar-refractivity contribution in [3.8, 4) is 5.75 Å². The molecule has 3 aromatic rings.